The van der Waals surface area contributed by atoms with Gasteiger partial charge < -0.3 is 4.74 Å². The molecule has 3 aliphatic rings. The summed E-state index contributed by atoms with van der Waals surface area (Å²) in [5.41, 5.74) is 0.118. The zero-order valence-corrected chi connectivity index (χ0v) is 13.3. The standard InChI is InChI=1S/C15H21BrO3/c1-7-9-4-5-15(3)6-10(16)12(17)8(2)11(15)13(9)19-14(7)18/h7-11,13H,4-6H2,1-3H3/t7-,8-,9-,10+,11+,13-,15-/m0/s1. The van der Waals surface area contributed by atoms with Crippen LogP contribution in [-0.4, -0.2) is 22.7 Å². The first-order valence-corrected chi connectivity index (χ1v) is 8.15. The Balaban J connectivity index is 1.96. The Kier molecular flexibility index (Phi) is 3.08. The summed E-state index contributed by atoms with van der Waals surface area (Å²) in [4.78, 5) is 24.1. The highest BCUT2D eigenvalue weighted by atomic mass is 79.9. The summed E-state index contributed by atoms with van der Waals surface area (Å²) in [7, 11) is 0. The van der Waals surface area contributed by atoms with E-state index in [9.17, 15) is 9.59 Å². The van der Waals surface area contributed by atoms with E-state index in [4.69, 9.17) is 4.74 Å². The summed E-state index contributed by atoms with van der Waals surface area (Å²) in [6.45, 7) is 6.25. The molecule has 2 saturated carbocycles. The molecular weight excluding hydrogens is 308 g/mol. The number of ketones is 1. The normalized spacial score (nSPS) is 53.5. The van der Waals surface area contributed by atoms with Crippen LogP contribution in [0.15, 0.2) is 0 Å². The Hall–Kier alpha value is -0.380. The number of carbonyl (C=O) groups excluding carboxylic acids is 2. The molecule has 1 heterocycles. The quantitative estimate of drug-likeness (QED) is 0.507. The van der Waals surface area contributed by atoms with Crippen LogP contribution in [0.5, 0.6) is 0 Å². The maximum absolute atomic E-state index is 12.3. The molecule has 1 aliphatic heterocycles. The van der Waals surface area contributed by atoms with Gasteiger partial charge in [-0.25, -0.2) is 0 Å². The van der Waals surface area contributed by atoms with Crippen molar-refractivity contribution in [3.05, 3.63) is 0 Å². The number of ether oxygens (including phenoxy) is 1. The number of hydrogen-bond donors (Lipinski definition) is 0. The minimum atomic E-state index is -0.0696. The molecule has 3 nitrogen and oxygen atoms in total. The number of Topliss-reactive ketones (excluding diaryl/α,β-unsaturated/α-hetero) is 1. The second-order valence-corrected chi connectivity index (χ2v) is 8.04. The lowest BCUT2D eigenvalue weighted by molar-refractivity contribution is -0.157. The Morgan fingerprint density at radius 1 is 1.26 bits per heavy atom. The molecule has 0 aromatic heterocycles. The molecule has 0 amide bonds. The third-order valence-corrected chi connectivity index (χ3v) is 6.61. The van der Waals surface area contributed by atoms with Crippen molar-refractivity contribution in [2.75, 3.05) is 0 Å². The van der Waals surface area contributed by atoms with Gasteiger partial charge in [-0.2, -0.15) is 0 Å². The summed E-state index contributed by atoms with van der Waals surface area (Å²) in [6, 6.07) is 0. The second kappa shape index (κ2) is 4.31. The van der Waals surface area contributed by atoms with Crippen molar-refractivity contribution >= 4 is 27.7 Å². The average Bonchev–Trinajstić information content (AvgIpc) is 2.61. The molecular formula is C15H21BrO3. The average molecular weight is 329 g/mol. The number of rotatable bonds is 0. The molecule has 7 atom stereocenters. The molecule has 0 N–H and O–H groups in total. The Morgan fingerprint density at radius 3 is 2.63 bits per heavy atom. The molecule has 106 valence electrons. The van der Waals surface area contributed by atoms with Crippen LogP contribution in [0.2, 0.25) is 0 Å². The fraction of sp³-hybridized carbons (Fsp3) is 0.867. The summed E-state index contributed by atoms with van der Waals surface area (Å²) in [6.07, 6.45) is 2.97. The lowest BCUT2D eigenvalue weighted by Crippen LogP contribution is -2.55. The Morgan fingerprint density at radius 2 is 1.95 bits per heavy atom. The molecule has 3 rings (SSSR count). The SMILES string of the molecule is C[C@@H]1C(=O)O[C@H]2[C@H]1CC[C@@]1(C)C[C@@H](Br)C(=O)[C@@H](C)[C@H]21. The molecule has 19 heavy (non-hydrogen) atoms. The van der Waals surface area contributed by atoms with E-state index < -0.39 is 0 Å². The molecule has 0 aromatic carbocycles. The van der Waals surface area contributed by atoms with E-state index in [0.29, 0.717) is 5.92 Å². The van der Waals surface area contributed by atoms with Gasteiger partial charge in [0.2, 0.25) is 0 Å². The van der Waals surface area contributed by atoms with Crippen molar-refractivity contribution in [1.29, 1.82) is 0 Å². The maximum atomic E-state index is 12.3. The molecule has 0 spiro atoms. The second-order valence-electron chi connectivity index (χ2n) is 6.94. The van der Waals surface area contributed by atoms with Crippen molar-refractivity contribution in [3.63, 3.8) is 0 Å². The van der Waals surface area contributed by atoms with Gasteiger partial charge in [0.05, 0.1) is 10.7 Å². The molecule has 0 unspecified atom stereocenters. The van der Waals surface area contributed by atoms with Crippen LogP contribution >= 0.6 is 15.9 Å². The van der Waals surface area contributed by atoms with E-state index >= 15 is 0 Å². The van der Waals surface area contributed by atoms with Gasteiger partial charge in [-0.05, 0) is 24.7 Å². The van der Waals surface area contributed by atoms with E-state index in [2.05, 4.69) is 22.9 Å². The van der Waals surface area contributed by atoms with Gasteiger partial charge in [-0.3, -0.25) is 9.59 Å². The van der Waals surface area contributed by atoms with Crippen LogP contribution < -0.4 is 0 Å². The van der Waals surface area contributed by atoms with Gasteiger partial charge in [-0.15, -0.1) is 0 Å². The summed E-state index contributed by atoms with van der Waals surface area (Å²) < 4.78 is 5.66. The largest absolute Gasteiger partial charge is 0.461 e. The number of alkyl halides is 1. The van der Waals surface area contributed by atoms with Gasteiger partial charge in [0.15, 0.2) is 0 Å². The van der Waals surface area contributed by atoms with E-state index in [1.807, 2.05) is 13.8 Å². The monoisotopic (exact) mass is 328 g/mol. The highest BCUT2D eigenvalue weighted by molar-refractivity contribution is 9.10. The molecule has 3 fully saturated rings. The molecule has 0 bridgehead atoms. The van der Waals surface area contributed by atoms with Crippen molar-refractivity contribution < 1.29 is 14.3 Å². The van der Waals surface area contributed by atoms with Gasteiger partial charge in [0.1, 0.15) is 11.9 Å². The van der Waals surface area contributed by atoms with E-state index in [1.54, 1.807) is 0 Å². The van der Waals surface area contributed by atoms with E-state index in [1.165, 1.54) is 0 Å². The van der Waals surface area contributed by atoms with Gasteiger partial charge in [0.25, 0.3) is 0 Å². The minimum absolute atomic E-state index is 0.00135. The first kappa shape index (κ1) is 13.6. The van der Waals surface area contributed by atoms with E-state index in [0.717, 1.165) is 19.3 Å². The highest BCUT2D eigenvalue weighted by Crippen LogP contribution is 2.57. The number of hydrogen-bond acceptors (Lipinski definition) is 3. The molecule has 0 radical (unpaired) electrons. The van der Waals surface area contributed by atoms with Crippen LogP contribution in [0.1, 0.15) is 40.0 Å². The van der Waals surface area contributed by atoms with Crippen molar-refractivity contribution in [1.82, 2.24) is 0 Å². The smallest absolute Gasteiger partial charge is 0.309 e. The topological polar surface area (TPSA) is 43.4 Å². The zero-order valence-electron chi connectivity index (χ0n) is 11.7. The van der Waals surface area contributed by atoms with Gasteiger partial charge in [-0.1, -0.05) is 36.7 Å². The summed E-state index contributed by atoms with van der Waals surface area (Å²) in [5, 5.41) is 0. The van der Waals surface area contributed by atoms with Crippen LogP contribution in [0.25, 0.3) is 0 Å². The number of esters is 1. The van der Waals surface area contributed by atoms with Crippen LogP contribution in [0.4, 0.5) is 0 Å². The maximum Gasteiger partial charge on any atom is 0.309 e. The van der Waals surface area contributed by atoms with Crippen molar-refractivity contribution in [3.8, 4) is 0 Å². The highest BCUT2D eigenvalue weighted by Gasteiger charge is 2.59. The van der Waals surface area contributed by atoms with Crippen LogP contribution in [0.3, 0.4) is 0 Å². The third-order valence-electron chi connectivity index (χ3n) is 5.84. The zero-order chi connectivity index (χ0) is 13.9. The first-order chi connectivity index (χ1) is 8.85. The third kappa shape index (κ3) is 1.82. The van der Waals surface area contributed by atoms with Crippen LogP contribution in [-0.2, 0) is 14.3 Å². The van der Waals surface area contributed by atoms with Gasteiger partial charge in [0, 0.05) is 17.8 Å². The van der Waals surface area contributed by atoms with Gasteiger partial charge >= 0.3 is 5.97 Å². The van der Waals surface area contributed by atoms with Crippen LogP contribution in [0, 0.1) is 29.1 Å². The number of carbonyl (C=O) groups is 2. The molecule has 0 aromatic rings. The van der Waals surface area contributed by atoms with Crippen molar-refractivity contribution in [2.45, 2.75) is 51.0 Å². The van der Waals surface area contributed by atoms with Crippen molar-refractivity contribution in [2.24, 2.45) is 29.1 Å². The minimum Gasteiger partial charge on any atom is -0.461 e. The first-order valence-electron chi connectivity index (χ1n) is 7.23. The lowest BCUT2D eigenvalue weighted by atomic mass is 9.53. The molecule has 1 saturated heterocycles. The Bertz CT molecular complexity index is 435. The molecule has 2 aliphatic carbocycles. The number of fused-ring (bicyclic) bond motifs is 3. The predicted octanol–water partition coefficient (Wildman–Crippen LogP) is 2.95. The Labute approximate surface area is 122 Å². The summed E-state index contributed by atoms with van der Waals surface area (Å²) >= 11 is 3.53. The fourth-order valence-electron chi connectivity index (χ4n) is 4.70. The number of halogens is 1. The fourth-order valence-corrected chi connectivity index (χ4v) is 5.86. The summed E-state index contributed by atoms with van der Waals surface area (Å²) in [5.74, 6) is 0.695. The van der Waals surface area contributed by atoms with E-state index in [-0.39, 0.29) is 45.9 Å². The predicted molar refractivity (Wildman–Crippen MR) is 74.9 cm³/mol. The molecule has 4 heteroatoms. The lowest BCUT2D eigenvalue weighted by Gasteiger charge is -2.52.